The minimum absolute atomic E-state index is 0.0179. The summed E-state index contributed by atoms with van der Waals surface area (Å²) in [4.78, 5) is 26.7. The number of anilines is 1. The van der Waals surface area contributed by atoms with E-state index in [1.165, 1.54) is 0 Å². The summed E-state index contributed by atoms with van der Waals surface area (Å²) >= 11 is 0. The Morgan fingerprint density at radius 2 is 2.04 bits per heavy atom. The molecule has 4 atom stereocenters. The first kappa shape index (κ1) is 16.0. The van der Waals surface area contributed by atoms with E-state index in [2.05, 4.69) is 19.2 Å². The molecule has 2 amide bonds. The maximum Gasteiger partial charge on any atom is 0.254 e. The minimum atomic E-state index is 0.0179. The van der Waals surface area contributed by atoms with E-state index >= 15 is 0 Å². The first-order valence-electron chi connectivity index (χ1n) is 8.41. The molecule has 3 N–H and O–H groups in total. The number of carbonyl (C=O) groups excluding carboxylic acids is 2. The molecule has 5 nitrogen and oxygen atoms in total. The summed E-state index contributed by atoms with van der Waals surface area (Å²) < 4.78 is 0. The van der Waals surface area contributed by atoms with Crippen LogP contribution in [0.4, 0.5) is 5.69 Å². The normalized spacial score (nSPS) is 29.4. The quantitative estimate of drug-likeness (QED) is 0.893. The van der Waals surface area contributed by atoms with Crippen LogP contribution in [0.2, 0.25) is 0 Å². The second kappa shape index (κ2) is 6.32. The summed E-state index contributed by atoms with van der Waals surface area (Å²) in [6.45, 7) is 5.47. The molecule has 0 bridgehead atoms. The van der Waals surface area contributed by atoms with Crippen LogP contribution in [0, 0.1) is 17.8 Å². The Balaban J connectivity index is 1.69. The highest BCUT2D eigenvalue weighted by atomic mass is 16.2. The van der Waals surface area contributed by atoms with Gasteiger partial charge in [-0.25, -0.2) is 0 Å². The maximum atomic E-state index is 12.7. The first-order valence-corrected chi connectivity index (χ1v) is 8.41. The van der Waals surface area contributed by atoms with Crippen molar-refractivity contribution < 1.29 is 9.59 Å². The molecule has 1 aromatic carbocycles. The molecule has 1 aromatic rings. The zero-order chi connectivity index (χ0) is 16.6. The standard InChI is InChI=1S/C18H25N3O2/c1-11-6-16(11)17(22)20-15-5-3-4-14(8-15)18(23)21-10-13(9-19)7-12(21)2/h3-5,8,11-13,16H,6-7,9-10,19H2,1-2H3,(H,20,22). The van der Waals surface area contributed by atoms with Crippen LogP contribution in [0.25, 0.3) is 0 Å². The number of nitrogens with one attached hydrogen (secondary N) is 1. The van der Waals surface area contributed by atoms with Gasteiger partial charge in [0.1, 0.15) is 0 Å². The van der Waals surface area contributed by atoms with Crippen molar-refractivity contribution in [1.29, 1.82) is 0 Å². The number of nitrogens with two attached hydrogens (primary N) is 1. The molecular weight excluding hydrogens is 290 g/mol. The molecule has 0 spiro atoms. The molecule has 124 valence electrons. The number of rotatable bonds is 4. The third-order valence-corrected chi connectivity index (χ3v) is 5.08. The van der Waals surface area contributed by atoms with Crippen molar-refractivity contribution in [3.8, 4) is 0 Å². The zero-order valence-corrected chi connectivity index (χ0v) is 13.8. The Morgan fingerprint density at radius 1 is 1.30 bits per heavy atom. The van der Waals surface area contributed by atoms with Gasteiger partial charge in [0, 0.05) is 29.8 Å². The number of benzene rings is 1. The molecule has 0 aromatic heterocycles. The van der Waals surface area contributed by atoms with Crippen LogP contribution in [-0.2, 0) is 4.79 Å². The van der Waals surface area contributed by atoms with Crippen molar-refractivity contribution in [2.24, 2.45) is 23.5 Å². The Bertz CT molecular complexity index is 616. The number of amides is 2. The molecule has 2 fully saturated rings. The summed E-state index contributed by atoms with van der Waals surface area (Å²) in [6.07, 6.45) is 1.91. The van der Waals surface area contributed by atoms with Crippen molar-refractivity contribution >= 4 is 17.5 Å². The van der Waals surface area contributed by atoms with Crippen LogP contribution >= 0.6 is 0 Å². The highest BCUT2D eigenvalue weighted by molar-refractivity contribution is 5.98. The molecule has 1 saturated heterocycles. The van der Waals surface area contributed by atoms with Gasteiger partial charge in [0.05, 0.1) is 0 Å². The molecule has 3 rings (SSSR count). The van der Waals surface area contributed by atoms with Gasteiger partial charge in [-0.3, -0.25) is 9.59 Å². The first-order chi connectivity index (χ1) is 11.0. The topological polar surface area (TPSA) is 75.4 Å². The molecule has 0 radical (unpaired) electrons. The number of carbonyl (C=O) groups is 2. The largest absolute Gasteiger partial charge is 0.336 e. The van der Waals surface area contributed by atoms with Gasteiger partial charge < -0.3 is 16.0 Å². The van der Waals surface area contributed by atoms with Gasteiger partial charge in [-0.05, 0) is 56.3 Å². The summed E-state index contributed by atoms with van der Waals surface area (Å²) in [5, 5.41) is 2.92. The van der Waals surface area contributed by atoms with Crippen molar-refractivity contribution in [2.45, 2.75) is 32.7 Å². The van der Waals surface area contributed by atoms with E-state index in [1.807, 2.05) is 17.0 Å². The van der Waals surface area contributed by atoms with E-state index in [1.54, 1.807) is 12.1 Å². The van der Waals surface area contributed by atoms with E-state index in [-0.39, 0.29) is 23.8 Å². The Kier molecular flexibility index (Phi) is 4.39. The van der Waals surface area contributed by atoms with Crippen molar-refractivity contribution in [1.82, 2.24) is 4.90 Å². The molecule has 1 aliphatic heterocycles. The van der Waals surface area contributed by atoms with Gasteiger partial charge >= 0.3 is 0 Å². The molecule has 1 heterocycles. The van der Waals surface area contributed by atoms with Crippen LogP contribution in [0.5, 0.6) is 0 Å². The highest BCUT2D eigenvalue weighted by Crippen LogP contribution is 2.38. The Morgan fingerprint density at radius 3 is 2.65 bits per heavy atom. The van der Waals surface area contributed by atoms with E-state index in [0.29, 0.717) is 36.2 Å². The SMILES string of the molecule is CC1CC1C(=O)Nc1cccc(C(=O)N2CC(CN)CC2C)c1. The fourth-order valence-corrected chi connectivity index (χ4v) is 3.41. The van der Waals surface area contributed by atoms with Crippen molar-refractivity contribution in [3.63, 3.8) is 0 Å². The highest BCUT2D eigenvalue weighted by Gasteiger charge is 2.39. The van der Waals surface area contributed by atoms with Crippen LogP contribution < -0.4 is 11.1 Å². The summed E-state index contributed by atoms with van der Waals surface area (Å²) in [5.41, 5.74) is 7.05. The average molecular weight is 315 g/mol. The maximum absolute atomic E-state index is 12.7. The smallest absolute Gasteiger partial charge is 0.254 e. The second-order valence-electron chi connectivity index (χ2n) is 7.03. The predicted octanol–water partition coefficient (Wildman–Crippen LogP) is 2.09. The number of nitrogens with zero attached hydrogens (tertiary/aromatic N) is 1. The fourth-order valence-electron chi connectivity index (χ4n) is 3.41. The predicted molar refractivity (Wildman–Crippen MR) is 90.0 cm³/mol. The summed E-state index contributed by atoms with van der Waals surface area (Å²) in [6, 6.07) is 7.44. The van der Waals surface area contributed by atoms with Gasteiger partial charge in [-0.15, -0.1) is 0 Å². The lowest BCUT2D eigenvalue weighted by molar-refractivity contribution is -0.117. The third-order valence-electron chi connectivity index (χ3n) is 5.08. The lowest BCUT2D eigenvalue weighted by Crippen LogP contribution is -2.34. The molecule has 2 aliphatic rings. The molecular formula is C18H25N3O2. The lowest BCUT2D eigenvalue weighted by atomic mass is 10.1. The Hall–Kier alpha value is -1.88. The van der Waals surface area contributed by atoms with Crippen LogP contribution in [-0.4, -0.2) is 35.8 Å². The minimum Gasteiger partial charge on any atom is -0.336 e. The van der Waals surface area contributed by atoms with E-state index in [4.69, 9.17) is 5.73 Å². The Labute approximate surface area is 137 Å². The van der Waals surface area contributed by atoms with E-state index < -0.39 is 0 Å². The zero-order valence-electron chi connectivity index (χ0n) is 13.8. The lowest BCUT2D eigenvalue weighted by Gasteiger charge is -2.22. The molecule has 23 heavy (non-hydrogen) atoms. The van der Waals surface area contributed by atoms with Crippen molar-refractivity contribution in [3.05, 3.63) is 29.8 Å². The second-order valence-corrected chi connectivity index (χ2v) is 7.03. The van der Waals surface area contributed by atoms with E-state index in [9.17, 15) is 9.59 Å². The van der Waals surface area contributed by atoms with Gasteiger partial charge in [-0.1, -0.05) is 13.0 Å². The van der Waals surface area contributed by atoms with Gasteiger partial charge in [-0.2, -0.15) is 0 Å². The fraction of sp³-hybridized carbons (Fsp3) is 0.556. The molecule has 4 unspecified atom stereocenters. The van der Waals surface area contributed by atoms with Crippen LogP contribution in [0.3, 0.4) is 0 Å². The summed E-state index contributed by atoms with van der Waals surface area (Å²) in [5.74, 6) is 1.05. The third kappa shape index (κ3) is 3.39. The van der Waals surface area contributed by atoms with E-state index in [0.717, 1.165) is 12.8 Å². The average Bonchev–Trinajstić information content (AvgIpc) is 3.15. The van der Waals surface area contributed by atoms with Crippen LogP contribution in [0.15, 0.2) is 24.3 Å². The van der Waals surface area contributed by atoms with Gasteiger partial charge in [0.25, 0.3) is 5.91 Å². The molecule has 1 aliphatic carbocycles. The molecule has 5 heteroatoms. The number of hydrogen-bond acceptors (Lipinski definition) is 3. The number of hydrogen-bond donors (Lipinski definition) is 2. The summed E-state index contributed by atoms with van der Waals surface area (Å²) in [7, 11) is 0. The van der Waals surface area contributed by atoms with Crippen LogP contribution in [0.1, 0.15) is 37.0 Å². The monoisotopic (exact) mass is 315 g/mol. The number of likely N-dealkylation sites (tertiary alicyclic amines) is 1. The molecule has 1 saturated carbocycles. The van der Waals surface area contributed by atoms with Gasteiger partial charge in [0.2, 0.25) is 5.91 Å². The van der Waals surface area contributed by atoms with Gasteiger partial charge in [0.15, 0.2) is 0 Å². The van der Waals surface area contributed by atoms with Crippen molar-refractivity contribution in [2.75, 3.05) is 18.4 Å².